The first-order valence-corrected chi connectivity index (χ1v) is 6.35. The van der Waals surface area contributed by atoms with Crippen molar-refractivity contribution in [2.75, 3.05) is 0 Å². The molecule has 3 rings (SSSR count). The average molecular weight is 262 g/mol. The minimum absolute atomic E-state index is 0.720. The number of hydrogen-bond donors (Lipinski definition) is 1. The number of aromatic nitrogens is 3. The SMILES string of the molecule is NC(c1ccccn1)(c1ccccn1)c1ccccn1. The van der Waals surface area contributed by atoms with Gasteiger partial charge in [-0.3, -0.25) is 15.0 Å². The van der Waals surface area contributed by atoms with E-state index < -0.39 is 5.54 Å². The first-order valence-electron chi connectivity index (χ1n) is 6.35. The van der Waals surface area contributed by atoms with Gasteiger partial charge >= 0.3 is 0 Å². The highest BCUT2D eigenvalue weighted by molar-refractivity contribution is 5.40. The summed E-state index contributed by atoms with van der Waals surface area (Å²) in [6, 6.07) is 17.0. The molecule has 0 fully saturated rings. The molecule has 0 bridgehead atoms. The Labute approximate surface area is 117 Å². The van der Waals surface area contributed by atoms with Crippen molar-refractivity contribution in [3.8, 4) is 0 Å². The van der Waals surface area contributed by atoms with Gasteiger partial charge in [0.2, 0.25) is 0 Å². The van der Waals surface area contributed by atoms with E-state index in [1.165, 1.54) is 0 Å². The van der Waals surface area contributed by atoms with Crippen molar-refractivity contribution in [2.24, 2.45) is 5.73 Å². The highest BCUT2D eigenvalue weighted by Gasteiger charge is 2.35. The third kappa shape index (κ3) is 2.06. The van der Waals surface area contributed by atoms with Gasteiger partial charge in [-0.2, -0.15) is 0 Å². The van der Waals surface area contributed by atoms with E-state index in [2.05, 4.69) is 15.0 Å². The largest absolute Gasteiger partial charge is 0.310 e. The second-order valence-electron chi connectivity index (χ2n) is 4.45. The maximum Gasteiger partial charge on any atom is 0.144 e. The molecule has 0 saturated heterocycles. The summed E-state index contributed by atoms with van der Waals surface area (Å²) in [7, 11) is 0. The number of nitrogens with two attached hydrogens (primary N) is 1. The Morgan fingerprint density at radius 3 is 1.20 bits per heavy atom. The van der Waals surface area contributed by atoms with Gasteiger partial charge in [0.1, 0.15) is 5.54 Å². The van der Waals surface area contributed by atoms with Crippen molar-refractivity contribution in [2.45, 2.75) is 5.54 Å². The van der Waals surface area contributed by atoms with Crippen LogP contribution in [0.3, 0.4) is 0 Å². The Morgan fingerprint density at radius 1 is 0.600 bits per heavy atom. The van der Waals surface area contributed by atoms with E-state index in [-0.39, 0.29) is 0 Å². The fourth-order valence-corrected chi connectivity index (χ4v) is 2.18. The molecule has 20 heavy (non-hydrogen) atoms. The number of rotatable bonds is 3. The highest BCUT2D eigenvalue weighted by Crippen LogP contribution is 2.29. The molecule has 0 aliphatic rings. The maximum absolute atomic E-state index is 6.67. The third-order valence-corrected chi connectivity index (χ3v) is 3.21. The van der Waals surface area contributed by atoms with Gasteiger partial charge in [-0.15, -0.1) is 0 Å². The van der Waals surface area contributed by atoms with E-state index >= 15 is 0 Å². The zero-order valence-corrected chi connectivity index (χ0v) is 10.8. The van der Waals surface area contributed by atoms with Gasteiger partial charge in [0.05, 0.1) is 17.1 Å². The van der Waals surface area contributed by atoms with E-state index in [0.29, 0.717) is 0 Å². The minimum atomic E-state index is -0.955. The lowest BCUT2D eigenvalue weighted by molar-refractivity contribution is 0.587. The van der Waals surface area contributed by atoms with Crippen LogP contribution in [-0.4, -0.2) is 15.0 Å². The molecule has 0 aromatic carbocycles. The first-order chi connectivity index (χ1) is 9.82. The molecule has 4 nitrogen and oxygen atoms in total. The van der Waals surface area contributed by atoms with Crippen LogP contribution in [0.15, 0.2) is 73.2 Å². The van der Waals surface area contributed by atoms with Gasteiger partial charge in [-0.05, 0) is 36.4 Å². The monoisotopic (exact) mass is 262 g/mol. The lowest BCUT2D eigenvalue weighted by Gasteiger charge is -2.27. The quantitative estimate of drug-likeness (QED) is 0.785. The molecule has 0 aliphatic heterocycles. The van der Waals surface area contributed by atoms with Crippen LogP contribution in [0, 0.1) is 0 Å². The summed E-state index contributed by atoms with van der Waals surface area (Å²) >= 11 is 0. The molecule has 0 aliphatic carbocycles. The van der Waals surface area contributed by atoms with Crippen LogP contribution in [0.1, 0.15) is 17.1 Å². The lowest BCUT2D eigenvalue weighted by atomic mass is 9.87. The fourth-order valence-electron chi connectivity index (χ4n) is 2.18. The predicted molar refractivity (Wildman–Crippen MR) is 76.8 cm³/mol. The predicted octanol–water partition coefficient (Wildman–Crippen LogP) is 2.12. The Bertz CT molecular complexity index is 572. The number of nitrogens with zero attached hydrogens (tertiary/aromatic N) is 3. The van der Waals surface area contributed by atoms with Crippen LogP contribution in [0.2, 0.25) is 0 Å². The zero-order valence-electron chi connectivity index (χ0n) is 10.8. The summed E-state index contributed by atoms with van der Waals surface area (Å²) in [6.07, 6.45) is 5.18. The topological polar surface area (TPSA) is 64.7 Å². The van der Waals surface area contributed by atoms with Gasteiger partial charge < -0.3 is 5.73 Å². The van der Waals surface area contributed by atoms with E-state index in [9.17, 15) is 0 Å². The molecule has 98 valence electrons. The van der Waals surface area contributed by atoms with Crippen LogP contribution >= 0.6 is 0 Å². The van der Waals surface area contributed by atoms with Crippen LogP contribution in [-0.2, 0) is 5.54 Å². The van der Waals surface area contributed by atoms with Crippen LogP contribution in [0.4, 0.5) is 0 Å². The van der Waals surface area contributed by atoms with Crippen molar-refractivity contribution < 1.29 is 0 Å². The lowest BCUT2D eigenvalue weighted by Crippen LogP contribution is -2.41. The van der Waals surface area contributed by atoms with E-state index in [1.54, 1.807) is 18.6 Å². The van der Waals surface area contributed by atoms with Crippen molar-refractivity contribution in [1.82, 2.24) is 15.0 Å². The molecule has 0 unspecified atom stereocenters. The molecule has 0 saturated carbocycles. The summed E-state index contributed by atoms with van der Waals surface area (Å²) in [6.45, 7) is 0. The Kier molecular flexibility index (Phi) is 3.23. The minimum Gasteiger partial charge on any atom is -0.310 e. The molecule has 0 amide bonds. The van der Waals surface area contributed by atoms with E-state index in [4.69, 9.17) is 5.73 Å². The molecule has 2 N–H and O–H groups in total. The van der Waals surface area contributed by atoms with Gasteiger partial charge in [-0.1, -0.05) is 18.2 Å². The summed E-state index contributed by atoms with van der Waals surface area (Å²) in [5, 5.41) is 0. The van der Waals surface area contributed by atoms with Crippen molar-refractivity contribution in [3.05, 3.63) is 90.3 Å². The van der Waals surface area contributed by atoms with E-state index in [0.717, 1.165) is 17.1 Å². The van der Waals surface area contributed by atoms with Gasteiger partial charge in [-0.25, -0.2) is 0 Å². The summed E-state index contributed by atoms with van der Waals surface area (Å²) in [5.74, 6) is 0. The maximum atomic E-state index is 6.67. The van der Waals surface area contributed by atoms with Crippen LogP contribution in [0.25, 0.3) is 0 Å². The Hall–Kier alpha value is -2.59. The van der Waals surface area contributed by atoms with Crippen LogP contribution in [0.5, 0.6) is 0 Å². The molecule has 4 heteroatoms. The molecular formula is C16H14N4. The summed E-state index contributed by atoms with van der Waals surface area (Å²) in [5.41, 5.74) is 7.88. The number of hydrogen-bond acceptors (Lipinski definition) is 4. The molecule has 3 aromatic rings. The van der Waals surface area contributed by atoms with Crippen molar-refractivity contribution in [1.29, 1.82) is 0 Å². The standard InChI is InChI=1S/C16H14N4/c17-16(13-7-1-4-10-18-13,14-8-2-5-11-19-14)15-9-3-6-12-20-15/h1-12H,17H2. The third-order valence-electron chi connectivity index (χ3n) is 3.21. The van der Waals surface area contributed by atoms with Gasteiger partial charge in [0.25, 0.3) is 0 Å². The van der Waals surface area contributed by atoms with Gasteiger partial charge in [0.15, 0.2) is 0 Å². The fraction of sp³-hybridized carbons (Fsp3) is 0.0625. The molecular weight excluding hydrogens is 248 g/mol. The first kappa shape index (κ1) is 12.4. The average Bonchev–Trinajstić information content (AvgIpc) is 2.56. The Balaban J connectivity index is 2.24. The van der Waals surface area contributed by atoms with E-state index in [1.807, 2.05) is 54.6 Å². The number of pyridine rings is 3. The molecule has 0 spiro atoms. The van der Waals surface area contributed by atoms with Crippen molar-refractivity contribution in [3.63, 3.8) is 0 Å². The molecule has 3 heterocycles. The summed E-state index contributed by atoms with van der Waals surface area (Å²) in [4.78, 5) is 13.2. The highest BCUT2D eigenvalue weighted by atomic mass is 14.9. The zero-order chi connectivity index (χ0) is 13.8. The molecule has 0 atom stereocenters. The normalized spacial score (nSPS) is 11.2. The summed E-state index contributed by atoms with van der Waals surface area (Å²) < 4.78 is 0. The van der Waals surface area contributed by atoms with Gasteiger partial charge in [0, 0.05) is 18.6 Å². The second-order valence-corrected chi connectivity index (χ2v) is 4.45. The smallest absolute Gasteiger partial charge is 0.144 e. The Morgan fingerprint density at radius 2 is 0.950 bits per heavy atom. The second kappa shape index (κ2) is 5.19. The molecule has 0 radical (unpaired) electrons. The van der Waals surface area contributed by atoms with Crippen LogP contribution < -0.4 is 5.73 Å². The van der Waals surface area contributed by atoms with Crippen molar-refractivity contribution >= 4 is 0 Å². The molecule has 3 aromatic heterocycles.